The topological polar surface area (TPSA) is 61.0 Å². The van der Waals surface area contributed by atoms with Gasteiger partial charge in [0.15, 0.2) is 0 Å². The largest absolute Gasteiger partial charge is 0.401 e. The van der Waals surface area contributed by atoms with Crippen molar-refractivity contribution in [2.75, 3.05) is 19.6 Å². The number of imidazole rings is 1. The van der Waals surface area contributed by atoms with Crippen LogP contribution in [-0.4, -0.2) is 46.6 Å². The number of aromatic nitrogens is 2. The Kier molecular flexibility index (Phi) is 6.27. The Balaban J connectivity index is 1.66. The number of hydrogen-bond donors (Lipinski definition) is 2. The highest BCUT2D eigenvalue weighted by Crippen LogP contribution is 2.27. The summed E-state index contributed by atoms with van der Waals surface area (Å²) in [5.74, 6) is 0.533. The van der Waals surface area contributed by atoms with E-state index in [1.165, 1.54) is 4.90 Å². The fraction of sp³-hybridized carbons (Fsp3) is 0.600. The maximum atomic E-state index is 12.8. The zero-order valence-corrected chi connectivity index (χ0v) is 16.2. The number of nitrogens with one attached hydrogen (secondary N) is 2. The number of para-hydroxylation sites is 2. The second kappa shape index (κ2) is 8.51. The molecule has 0 aliphatic carbocycles. The zero-order chi connectivity index (χ0) is 20.3. The first kappa shape index (κ1) is 20.6. The molecule has 28 heavy (non-hydrogen) atoms. The van der Waals surface area contributed by atoms with Gasteiger partial charge in [-0.25, -0.2) is 4.98 Å². The highest BCUT2D eigenvalue weighted by Gasteiger charge is 2.34. The number of halogens is 3. The van der Waals surface area contributed by atoms with Crippen LogP contribution in [-0.2, 0) is 4.79 Å². The van der Waals surface area contributed by atoms with Crippen molar-refractivity contribution in [1.29, 1.82) is 0 Å². The van der Waals surface area contributed by atoms with Crippen molar-refractivity contribution in [3.63, 3.8) is 0 Å². The lowest BCUT2D eigenvalue weighted by molar-refractivity contribution is -0.149. The minimum absolute atomic E-state index is 0.0996. The Morgan fingerprint density at radius 1 is 1.32 bits per heavy atom. The third-order valence-corrected chi connectivity index (χ3v) is 5.57. The molecule has 5 nitrogen and oxygen atoms in total. The van der Waals surface area contributed by atoms with Gasteiger partial charge in [-0.15, -0.1) is 0 Å². The van der Waals surface area contributed by atoms with Crippen LogP contribution >= 0.6 is 0 Å². The minimum atomic E-state index is -4.20. The molecule has 0 radical (unpaired) electrons. The molecule has 1 fully saturated rings. The standard InChI is InChI=1S/C20H27F3N4O/c1-3-13(2)17(18-24-15-6-4-5-7-16(15)25-18)26-19(28)14-8-10-27(11-9-14)12-20(21,22)23/h4-7,13-14,17H,3,8-12H2,1-2H3,(H,24,25)(H,26,28)/t13-,17-/m0/s1. The van der Waals surface area contributed by atoms with Crippen molar-refractivity contribution in [2.45, 2.75) is 45.3 Å². The number of hydrogen-bond acceptors (Lipinski definition) is 3. The number of piperidine rings is 1. The number of carbonyl (C=O) groups excluding carboxylic acids is 1. The van der Waals surface area contributed by atoms with Gasteiger partial charge < -0.3 is 10.3 Å². The molecule has 154 valence electrons. The van der Waals surface area contributed by atoms with Crippen molar-refractivity contribution in [3.8, 4) is 0 Å². The summed E-state index contributed by atoms with van der Waals surface area (Å²) in [6, 6.07) is 7.45. The fourth-order valence-corrected chi connectivity index (χ4v) is 3.71. The van der Waals surface area contributed by atoms with E-state index < -0.39 is 12.7 Å². The normalized spacial score (nSPS) is 18.9. The minimum Gasteiger partial charge on any atom is -0.346 e. The predicted octanol–water partition coefficient (Wildman–Crippen LogP) is 4.04. The van der Waals surface area contributed by atoms with Gasteiger partial charge in [0.05, 0.1) is 23.6 Å². The van der Waals surface area contributed by atoms with E-state index in [4.69, 9.17) is 0 Å². The quantitative estimate of drug-likeness (QED) is 0.775. The lowest BCUT2D eigenvalue weighted by Crippen LogP contribution is -2.45. The molecular formula is C20H27F3N4O. The Morgan fingerprint density at radius 3 is 2.61 bits per heavy atom. The van der Waals surface area contributed by atoms with Crippen molar-refractivity contribution in [3.05, 3.63) is 30.1 Å². The molecule has 0 bridgehead atoms. The van der Waals surface area contributed by atoms with Gasteiger partial charge in [0.25, 0.3) is 0 Å². The molecule has 3 rings (SSSR count). The molecule has 1 amide bonds. The molecule has 0 unspecified atom stereocenters. The summed E-state index contributed by atoms with van der Waals surface area (Å²) in [5, 5.41) is 3.10. The summed E-state index contributed by atoms with van der Waals surface area (Å²) in [5.41, 5.74) is 1.76. The number of alkyl halides is 3. The number of aromatic amines is 1. The second-order valence-corrected chi connectivity index (χ2v) is 7.68. The van der Waals surface area contributed by atoms with Gasteiger partial charge in [0, 0.05) is 5.92 Å². The predicted molar refractivity (Wildman–Crippen MR) is 102 cm³/mol. The number of carbonyl (C=O) groups is 1. The van der Waals surface area contributed by atoms with Crippen LogP contribution in [0.4, 0.5) is 13.2 Å². The molecule has 2 atom stereocenters. The van der Waals surface area contributed by atoms with E-state index in [9.17, 15) is 18.0 Å². The Bertz CT molecular complexity index is 763. The first-order chi connectivity index (χ1) is 13.3. The van der Waals surface area contributed by atoms with Crippen LogP contribution < -0.4 is 5.32 Å². The highest BCUT2D eigenvalue weighted by molar-refractivity contribution is 5.79. The molecule has 1 aromatic heterocycles. The molecule has 2 N–H and O–H groups in total. The van der Waals surface area contributed by atoms with E-state index in [2.05, 4.69) is 29.1 Å². The van der Waals surface area contributed by atoms with E-state index in [1.807, 2.05) is 24.3 Å². The van der Waals surface area contributed by atoms with Crippen LogP contribution in [0.5, 0.6) is 0 Å². The number of likely N-dealkylation sites (tertiary alicyclic amines) is 1. The summed E-state index contributed by atoms with van der Waals surface area (Å²) >= 11 is 0. The van der Waals surface area contributed by atoms with Crippen LogP contribution in [0.3, 0.4) is 0 Å². The fourth-order valence-electron chi connectivity index (χ4n) is 3.71. The maximum Gasteiger partial charge on any atom is 0.401 e. The monoisotopic (exact) mass is 396 g/mol. The molecule has 1 aliphatic heterocycles. The van der Waals surface area contributed by atoms with Crippen LogP contribution in [0.25, 0.3) is 11.0 Å². The average molecular weight is 396 g/mol. The summed E-state index contributed by atoms with van der Waals surface area (Å²) in [6.45, 7) is 3.79. The molecule has 1 aliphatic rings. The molecule has 1 saturated heterocycles. The van der Waals surface area contributed by atoms with Crippen molar-refractivity contribution in [1.82, 2.24) is 20.2 Å². The second-order valence-electron chi connectivity index (χ2n) is 7.68. The van der Waals surface area contributed by atoms with Gasteiger partial charge in [0.1, 0.15) is 5.82 Å². The van der Waals surface area contributed by atoms with Crippen molar-refractivity contribution in [2.24, 2.45) is 11.8 Å². The summed E-state index contributed by atoms with van der Waals surface area (Å²) in [4.78, 5) is 22.1. The molecule has 1 aromatic carbocycles. The third kappa shape index (κ3) is 5.04. The van der Waals surface area contributed by atoms with E-state index >= 15 is 0 Å². The molecule has 2 aromatic rings. The van der Waals surface area contributed by atoms with Crippen LogP contribution in [0.15, 0.2) is 24.3 Å². The summed E-state index contributed by atoms with van der Waals surface area (Å²) in [6.07, 6.45) is -2.45. The zero-order valence-electron chi connectivity index (χ0n) is 16.2. The number of nitrogens with zero attached hydrogens (tertiary/aromatic N) is 2. The SMILES string of the molecule is CC[C@H](C)[C@H](NC(=O)C1CCN(CC(F)(F)F)CC1)c1nc2ccccc2[nH]1. The number of benzene rings is 1. The van der Waals surface area contributed by atoms with Crippen LogP contribution in [0, 0.1) is 11.8 Å². The third-order valence-electron chi connectivity index (χ3n) is 5.57. The molecular weight excluding hydrogens is 369 g/mol. The van der Waals surface area contributed by atoms with Gasteiger partial charge in [-0.1, -0.05) is 32.4 Å². The Labute approximate surface area is 162 Å². The lowest BCUT2D eigenvalue weighted by atomic mass is 9.93. The number of rotatable bonds is 6. The molecule has 8 heteroatoms. The van der Waals surface area contributed by atoms with Crippen LogP contribution in [0.2, 0.25) is 0 Å². The Hall–Kier alpha value is -2.09. The van der Waals surface area contributed by atoms with E-state index in [1.54, 1.807) is 0 Å². The molecule has 2 heterocycles. The number of amides is 1. The average Bonchev–Trinajstić information content (AvgIpc) is 3.08. The smallest absolute Gasteiger partial charge is 0.346 e. The highest BCUT2D eigenvalue weighted by atomic mass is 19.4. The Morgan fingerprint density at radius 2 is 2.00 bits per heavy atom. The van der Waals surface area contributed by atoms with Crippen molar-refractivity contribution >= 4 is 16.9 Å². The van der Waals surface area contributed by atoms with E-state index in [0.29, 0.717) is 12.8 Å². The van der Waals surface area contributed by atoms with Gasteiger partial charge in [-0.2, -0.15) is 13.2 Å². The van der Waals surface area contributed by atoms with E-state index in [0.717, 1.165) is 23.3 Å². The van der Waals surface area contributed by atoms with Gasteiger partial charge in [0.2, 0.25) is 5.91 Å². The molecule has 0 saturated carbocycles. The van der Waals surface area contributed by atoms with Gasteiger partial charge >= 0.3 is 6.18 Å². The summed E-state index contributed by atoms with van der Waals surface area (Å²) in [7, 11) is 0. The van der Waals surface area contributed by atoms with Crippen molar-refractivity contribution < 1.29 is 18.0 Å². The van der Waals surface area contributed by atoms with Gasteiger partial charge in [-0.3, -0.25) is 9.69 Å². The summed E-state index contributed by atoms with van der Waals surface area (Å²) < 4.78 is 37.6. The first-order valence-electron chi connectivity index (χ1n) is 9.81. The lowest BCUT2D eigenvalue weighted by Gasteiger charge is -2.33. The maximum absolute atomic E-state index is 12.8. The number of fused-ring (bicyclic) bond motifs is 1. The first-order valence-corrected chi connectivity index (χ1v) is 9.81. The van der Waals surface area contributed by atoms with Crippen LogP contribution in [0.1, 0.15) is 45.0 Å². The van der Waals surface area contributed by atoms with Gasteiger partial charge in [-0.05, 0) is 44.0 Å². The van der Waals surface area contributed by atoms with E-state index in [-0.39, 0.29) is 36.9 Å². The molecule has 0 spiro atoms. The number of H-pyrrole nitrogens is 1.